The summed E-state index contributed by atoms with van der Waals surface area (Å²) >= 11 is 11.8. The Morgan fingerprint density at radius 1 is 0.960 bits per heavy atom. The highest BCUT2D eigenvalue weighted by atomic mass is 35.5. The monoisotopic (exact) mass is 379 g/mol. The third-order valence-corrected chi connectivity index (χ3v) is 3.76. The van der Waals surface area contributed by atoms with Gasteiger partial charge in [0, 0.05) is 33.5 Å². The zero-order chi connectivity index (χ0) is 17.8. The number of benzene rings is 2. The van der Waals surface area contributed by atoms with Crippen LogP contribution in [0.5, 0.6) is 5.75 Å². The molecular formula is C17H15Cl2N3O3. The van der Waals surface area contributed by atoms with Crippen molar-refractivity contribution in [1.82, 2.24) is 5.32 Å². The van der Waals surface area contributed by atoms with E-state index in [4.69, 9.17) is 27.9 Å². The lowest BCUT2D eigenvalue weighted by Gasteiger charge is -2.10. The maximum atomic E-state index is 12.0. The number of nitrogens with one attached hydrogen (secondary N) is 3. The van der Waals surface area contributed by atoms with Gasteiger partial charge in [0.05, 0.1) is 0 Å². The van der Waals surface area contributed by atoms with Gasteiger partial charge < -0.3 is 15.4 Å². The van der Waals surface area contributed by atoms with Gasteiger partial charge in [-0.1, -0.05) is 29.3 Å². The number of carbonyl (C=O) groups is 2. The Hall–Kier alpha value is -2.44. The molecule has 25 heavy (non-hydrogen) atoms. The number of carbonyl (C=O) groups excluding carboxylic acids is 2. The molecule has 0 spiro atoms. The molecule has 0 unspecified atom stereocenters. The van der Waals surface area contributed by atoms with E-state index in [1.165, 1.54) is 0 Å². The molecule has 1 aliphatic rings. The van der Waals surface area contributed by atoms with Crippen molar-refractivity contribution in [3.05, 3.63) is 52.5 Å². The Bertz CT molecular complexity index is 789. The molecule has 2 aromatic rings. The van der Waals surface area contributed by atoms with Crippen molar-refractivity contribution in [2.45, 2.75) is 18.9 Å². The number of ether oxygens (including phenoxy) is 1. The van der Waals surface area contributed by atoms with Crippen LogP contribution < -0.4 is 20.7 Å². The molecule has 1 aliphatic carbocycles. The first-order valence-electron chi connectivity index (χ1n) is 7.60. The predicted molar refractivity (Wildman–Crippen MR) is 97.7 cm³/mol. The predicted octanol–water partition coefficient (Wildman–Crippen LogP) is 4.89. The summed E-state index contributed by atoms with van der Waals surface area (Å²) in [5.74, 6) is 0.287. The van der Waals surface area contributed by atoms with Crippen LogP contribution >= 0.6 is 23.2 Å². The van der Waals surface area contributed by atoms with Crippen molar-refractivity contribution >= 4 is 46.7 Å². The maximum absolute atomic E-state index is 12.0. The molecule has 1 fully saturated rings. The molecule has 130 valence electrons. The molecule has 0 heterocycles. The number of anilines is 2. The molecule has 1 saturated carbocycles. The minimum Gasteiger partial charge on any atom is -0.410 e. The van der Waals surface area contributed by atoms with Crippen LogP contribution in [0.4, 0.5) is 21.0 Å². The van der Waals surface area contributed by atoms with Gasteiger partial charge >= 0.3 is 12.1 Å². The second kappa shape index (κ2) is 7.63. The molecular weight excluding hydrogens is 365 g/mol. The summed E-state index contributed by atoms with van der Waals surface area (Å²) in [7, 11) is 0. The number of hydrogen-bond donors (Lipinski definition) is 3. The smallest absolute Gasteiger partial charge is 0.410 e. The van der Waals surface area contributed by atoms with Crippen molar-refractivity contribution in [2.24, 2.45) is 0 Å². The molecule has 0 atom stereocenters. The number of urea groups is 1. The van der Waals surface area contributed by atoms with E-state index in [9.17, 15) is 9.59 Å². The van der Waals surface area contributed by atoms with Crippen molar-refractivity contribution in [3.8, 4) is 5.75 Å². The van der Waals surface area contributed by atoms with Crippen LogP contribution in [0.25, 0.3) is 0 Å². The third kappa shape index (κ3) is 5.55. The fourth-order valence-corrected chi connectivity index (χ4v) is 2.62. The topological polar surface area (TPSA) is 79.5 Å². The van der Waals surface area contributed by atoms with E-state index in [0.717, 1.165) is 12.8 Å². The van der Waals surface area contributed by atoms with Gasteiger partial charge in [-0.2, -0.15) is 0 Å². The molecule has 0 aromatic heterocycles. The summed E-state index contributed by atoms with van der Waals surface area (Å²) in [6.45, 7) is 0. The van der Waals surface area contributed by atoms with Crippen LogP contribution in [0.15, 0.2) is 42.5 Å². The second-order valence-electron chi connectivity index (χ2n) is 5.57. The van der Waals surface area contributed by atoms with E-state index in [-0.39, 0.29) is 17.8 Å². The van der Waals surface area contributed by atoms with Crippen LogP contribution in [0.3, 0.4) is 0 Å². The van der Waals surface area contributed by atoms with Gasteiger partial charge in [-0.05, 0) is 43.2 Å². The fourth-order valence-electron chi connectivity index (χ4n) is 2.09. The summed E-state index contributed by atoms with van der Waals surface area (Å²) in [5, 5.41) is 8.84. The summed E-state index contributed by atoms with van der Waals surface area (Å²) in [6.07, 6.45) is 1.31. The molecule has 8 heteroatoms. The number of halogens is 2. The number of hydrogen-bond acceptors (Lipinski definition) is 3. The van der Waals surface area contributed by atoms with E-state index < -0.39 is 6.09 Å². The van der Waals surface area contributed by atoms with E-state index in [2.05, 4.69) is 16.0 Å². The average Bonchev–Trinajstić information content (AvgIpc) is 3.29. The van der Waals surface area contributed by atoms with Crippen LogP contribution in [0.2, 0.25) is 10.0 Å². The molecule has 3 amide bonds. The highest BCUT2D eigenvalue weighted by molar-refractivity contribution is 6.35. The van der Waals surface area contributed by atoms with Crippen molar-refractivity contribution < 1.29 is 14.3 Å². The quantitative estimate of drug-likeness (QED) is 0.707. The highest BCUT2D eigenvalue weighted by Gasteiger charge is 2.23. The van der Waals surface area contributed by atoms with Gasteiger partial charge in [0.1, 0.15) is 5.75 Å². The fraction of sp³-hybridized carbons (Fsp3) is 0.176. The number of rotatable bonds is 4. The Labute approximate surface area is 154 Å². The van der Waals surface area contributed by atoms with Crippen molar-refractivity contribution in [3.63, 3.8) is 0 Å². The van der Waals surface area contributed by atoms with Crippen molar-refractivity contribution in [1.29, 1.82) is 0 Å². The van der Waals surface area contributed by atoms with E-state index in [0.29, 0.717) is 21.4 Å². The van der Waals surface area contributed by atoms with Crippen LogP contribution in [-0.2, 0) is 0 Å². The lowest BCUT2D eigenvalue weighted by molar-refractivity contribution is 0.215. The molecule has 0 bridgehead atoms. The Morgan fingerprint density at radius 3 is 2.36 bits per heavy atom. The van der Waals surface area contributed by atoms with E-state index in [1.807, 2.05) is 0 Å². The average molecular weight is 380 g/mol. The van der Waals surface area contributed by atoms with Crippen LogP contribution in [0.1, 0.15) is 12.8 Å². The maximum Gasteiger partial charge on any atom is 0.417 e. The largest absolute Gasteiger partial charge is 0.417 e. The standard InChI is InChI=1S/C17H15Cl2N3O3/c18-10-6-11(19)8-14(7-10)22-17(24)25-15-3-1-2-13(9-15)21-16(23)20-12-4-5-12/h1-3,6-9,12H,4-5H2,(H,22,24)(H2,20,21,23). The van der Waals surface area contributed by atoms with E-state index >= 15 is 0 Å². The van der Waals surface area contributed by atoms with Gasteiger partial charge in [0.15, 0.2) is 0 Å². The third-order valence-electron chi connectivity index (χ3n) is 3.32. The molecule has 3 rings (SSSR count). The lowest BCUT2D eigenvalue weighted by Crippen LogP contribution is -2.30. The Morgan fingerprint density at radius 2 is 1.68 bits per heavy atom. The second-order valence-corrected chi connectivity index (χ2v) is 6.45. The molecule has 0 radical (unpaired) electrons. The van der Waals surface area contributed by atoms with Crippen molar-refractivity contribution in [2.75, 3.05) is 10.6 Å². The summed E-state index contributed by atoms with van der Waals surface area (Å²) in [4.78, 5) is 23.7. The molecule has 0 saturated heterocycles. The highest BCUT2D eigenvalue weighted by Crippen LogP contribution is 2.23. The first-order valence-corrected chi connectivity index (χ1v) is 8.36. The van der Waals surface area contributed by atoms with Gasteiger partial charge in [0.2, 0.25) is 0 Å². The summed E-state index contributed by atoms with van der Waals surface area (Å²) < 4.78 is 5.21. The van der Waals surface area contributed by atoms with Gasteiger partial charge in [-0.25, -0.2) is 9.59 Å². The zero-order valence-electron chi connectivity index (χ0n) is 13.0. The molecule has 3 N–H and O–H groups in total. The van der Waals surface area contributed by atoms with Crippen LogP contribution in [-0.4, -0.2) is 18.2 Å². The zero-order valence-corrected chi connectivity index (χ0v) is 14.5. The molecule has 2 aromatic carbocycles. The summed E-state index contributed by atoms with van der Waals surface area (Å²) in [5.41, 5.74) is 0.940. The lowest BCUT2D eigenvalue weighted by atomic mass is 10.3. The number of amides is 3. The van der Waals surface area contributed by atoms with Crippen LogP contribution in [0, 0.1) is 0 Å². The first-order chi connectivity index (χ1) is 12.0. The van der Waals surface area contributed by atoms with Gasteiger partial charge in [0.25, 0.3) is 0 Å². The van der Waals surface area contributed by atoms with E-state index in [1.54, 1.807) is 42.5 Å². The SMILES string of the molecule is O=C(Nc1cccc(OC(=O)Nc2cc(Cl)cc(Cl)c2)c1)NC1CC1. The molecule has 6 nitrogen and oxygen atoms in total. The normalized spacial score (nSPS) is 13.0. The minimum absolute atomic E-state index is 0.259. The summed E-state index contributed by atoms with van der Waals surface area (Å²) in [6, 6.07) is 11.2. The minimum atomic E-state index is -0.696. The Kier molecular flexibility index (Phi) is 5.31. The first kappa shape index (κ1) is 17.4. The van der Waals surface area contributed by atoms with Gasteiger partial charge in [-0.3, -0.25) is 5.32 Å². The molecule has 0 aliphatic heterocycles. The van der Waals surface area contributed by atoms with Gasteiger partial charge in [-0.15, -0.1) is 0 Å². The Balaban J connectivity index is 1.58.